The van der Waals surface area contributed by atoms with Crippen LogP contribution in [0.2, 0.25) is 0 Å². The fraction of sp³-hybridized carbons (Fsp3) is 0.333. The Morgan fingerprint density at radius 1 is 1.30 bits per heavy atom. The van der Waals surface area contributed by atoms with Gasteiger partial charge in [-0.25, -0.2) is 4.39 Å². The van der Waals surface area contributed by atoms with Gasteiger partial charge in [-0.1, -0.05) is 23.8 Å². The lowest BCUT2D eigenvalue weighted by atomic mass is 9.97. The van der Waals surface area contributed by atoms with E-state index in [9.17, 15) is 14.0 Å². The van der Waals surface area contributed by atoms with Crippen LogP contribution in [0.4, 0.5) is 4.39 Å². The van der Waals surface area contributed by atoms with Crippen molar-refractivity contribution in [3.63, 3.8) is 0 Å². The number of rotatable bonds is 5. The summed E-state index contributed by atoms with van der Waals surface area (Å²) in [4.78, 5) is 27.4. The SMILES string of the molecule is C=CCCn1cc(-c2ccc(F)c(C(=O)N3CCOCC3)c2)c2c(c1=O)CC(C)=C2. The number of benzene rings is 1. The zero-order chi connectivity index (χ0) is 21.3. The lowest BCUT2D eigenvalue weighted by molar-refractivity contribution is 0.0300. The van der Waals surface area contributed by atoms with Gasteiger partial charge in [0, 0.05) is 37.0 Å². The minimum absolute atomic E-state index is 0.00423. The van der Waals surface area contributed by atoms with E-state index in [1.807, 2.05) is 19.2 Å². The number of halogens is 1. The number of pyridine rings is 1. The number of carbonyl (C=O) groups is 1. The molecule has 0 unspecified atom stereocenters. The molecule has 2 aromatic rings. The number of fused-ring (bicyclic) bond motifs is 1. The molecule has 0 N–H and O–H groups in total. The summed E-state index contributed by atoms with van der Waals surface area (Å²) in [5.74, 6) is -0.875. The van der Waals surface area contributed by atoms with E-state index in [-0.39, 0.29) is 17.0 Å². The molecule has 6 heteroatoms. The van der Waals surface area contributed by atoms with Crippen LogP contribution < -0.4 is 5.56 Å². The van der Waals surface area contributed by atoms with Gasteiger partial charge in [0.25, 0.3) is 11.5 Å². The van der Waals surface area contributed by atoms with Crippen LogP contribution in [0.3, 0.4) is 0 Å². The first-order valence-electron chi connectivity index (χ1n) is 10.2. The van der Waals surface area contributed by atoms with Crippen molar-refractivity contribution < 1.29 is 13.9 Å². The van der Waals surface area contributed by atoms with Crippen molar-refractivity contribution in [2.24, 2.45) is 0 Å². The second-order valence-electron chi connectivity index (χ2n) is 7.78. The van der Waals surface area contributed by atoms with Crippen LogP contribution in [0, 0.1) is 5.82 Å². The van der Waals surface area contributed by atoms with Crippen molar-refractivity contribution in [3.05, 3.63) is 75.5 Å². The van der Waals surface area contributed by atoms with Crippen LogP contribution in [-0.2, 0) is 17.7 Å². The van der Waals surface area contributed by atoms with Gasteiger partial charge >= 0.3 is 0 Å². The molecule has 1 aliphatic carbocycles. The highest BCUT2D eigenvalue weighted by Gasteiger charge is 2.24. The van der Waals surface area contributed by atoms with Gasteiger partial charge in [0.2, 0.25) is 0 Å². The topological polar surface area (TPSA) is 51.5 Å². The number of ether oxygens (including phenoxy) is 1. The van der Waals surface area contributed by atoms with E-state index in [4.69, 9.17) is 4.74 Å². The Morgan fingerprint density at radius 3 is 2.80 bits per heavy atom. The molecular weight excluding hydrogens is 383 g/mol. The summed E-state index contributed by atoms with van der Waals surface area (Å²) in [6.07, 6.45) is 6.89. The Morgan fingerprint density at radius 2 is 2.07 bits per heavy atom. The number of morpholine rings is 1. The predicted octanol–water partition coefficient (Wildman–Crippen LogP) is 3.66. The zero-order valence-corrected chi connectivity index (χ0v) is 17.1. The van der Waals surface area contributed by atoms with Crippen molar-refractivity contribution in [1.82, 2.24) is 9.47 Å². The third kappa shape index (κ3) is 3.75. The summed E-state index contributed by atoms with van der Waals surface area (Å²) in [5, 5.41) is 0. The Hall–Kier alpha value is -2.99. The monoisotopic (exact) mass is 408 g/mol. The zero-order valence-electron chi connectivity index (χ0n) is 17.1. The quantitative estimate of drug-likeness (QED) is 0.710. The maximum absolute atomic E-state index is 14.6. The number of hydrogen-bond donors (Lipinski definition) is 0. The highest BCUT2D eigenvalue weighted by molar-refractivity contribution is 5.96. The molecule has 0 radical (unpaired) electrons. The van der Waals surface area contributed by atoms with Gasteiger partial charge in [-0.3, -0.25) is 9.59 Å². The maximum atomic E-state index is 14.6. The molecule has 1 aliphatic heterocycles. The van der Waals surface area contributed by atoms with Crippen LogP contribution in [-0.4, -0.2) is 41.7 Å². The summed E-state index contributed by atoms with van der Waals surface area (Å²) in [6, 6.07) is 4.61. The fourth-order valence-corrected chi connectivity index (χ4v) is 4.07. The lowest BCUT2D eigenvalue weighted by Gasteiger charge is -2.27. The lowest BCUT2D eigenvalue weighted by Crippen LogP contribution is -2.41. The van der Waals surface area contributed by atoms with E-state index in [2.05, 4.69) is 6.58 Å². The van der Waals surface area contributed by atoms with Crippen molar-refractivity contribution in [3.8, 4) is 11.1 Å². The third-order valence-electron chi connectivity index (χ3n) is 5.65. The van der Waals surface area contributed by atoms with Gasteiger partial charge < -0.3 is 14.2 Å². The molecule has 1 aromatic heterocycles. The number of amides is 1. The molecule has 4 rings (SSSR count). The minimum atomic E-state index is -0.543. The summed E-state index contributed by atoms with van der Waals surface area (Å²) in [6.45, 7) is 8.08. The first kappa shape index (κ1) is 20.3. The standard InChI is InChI=1S/C24H25FN2O3/c1-3-4-7-27-15-21(18-12-16(2)13-19(18)23(27)28)17-5-6-22(25)20(14-17)24(29)26-8-10-30-11-9-26/h3,5-6,12,14-15H,1,4,7-11,13H2,2H3. The van der Waals surface area contributed by atoms with E-state index < -0.39 is 5.82 Å². The molecule has 1 fully saturated rings. The summed E-state index contributed by atoms with van der Waals surface area (Å²) >= 11 is 0. The van der Waals surface area contributed by atoms with Crippen LogP contribution >= 0.6 is 0 Å². The Bertz CT molecular complexity index is 1090. The fourth-order valence-electron chi connectivity index (χ4n) is 4.07. The van der Waals surface area contributed by atoms with Gasteiger partial charge in [-0.05, 0) is 43.0 Å². The number of hydrogen-bond acceptors (Lipinski definition) is 3. The molecule has 156 valence electrons. The van der Waals surface area contributed by atoms with Crippen LogP contribution in [0.25, 0.3) is 17.2 Å². The summed E-state index contributed by atoms with van der Waals surface area (Å²) in [5.41, 5.74) is 4.32. The van der Waals surface area contributed by atoms with Gasteiger partial charge in [-0.15, -0.1) is 6.58 Å². The number of nitrogens with zero attached hydrogens (tertiary/aromatic N) is 2. The van der Waals surface area contributed by atoms with Gasteiger partial charge in [0.15, 0.2) is 0 Å². The molecule has 0 bridgehead atoms. The molecule has 0 atom stereocenters. The predicted molar refractivity (Wildman–Crippen MR) is 115 cm³/mol. The van der Waals surface area contributed by atoms with E-state index >= 15 is 0 Å². The van der Waals surface area contributed by atoms with Crippen molar-refractivity contribution in [2.75, 3.05) is 26.3 Å². The second kappa shape index (κ2) is 8.40. The normalized spacial score (nSPS) is 15.7. The Labute approximate surface area is 175 Å². The van der Waals surface area contributed by atoms with E-state index in [1.165, 1.54) is 6.07 Å². The maximum Gasteiger partial charge on any atom is 0.257 e. The van der Waals surface area contributed by atoms with Crippen molar-refractivity contribution in [2.45, 2.75) is 26.3 Å². The van der Waals surface area contributed by atoms with Crippen molar-refractivity contribution >= 4 is 12.0 Å². The number of aromatic nitrogens is 1. The highest BCUT2D eigenvalue weighted by Crippen LogP contribution is 2.33. The Kier molecular flexibility index (Phi) is 5.68. The van der Waals surface area contributed by atoms with E-state index in [0.29, 0.717) is 45.7 Å². The minimum Gasteiger partial charge on any atom is -0.378 e. The molecule has 2 aliphatic rings. The van der Waals surface area contributed by atoms with Gasteiger partial charge in [0.1, 0.15) is 5.82 Å². The Balaban J connectivity index is 1.80. The van der Waals surface area contributed by atoms with Gasteiger partial charge in [0.05, 0.1) is 18.8 Å². The van der Waals surface area contributed by atoms with Crippen LogP contribution in [0.5, 0.6) is 0 Å². The number of carbonyl (C=O) groups excluding carboxylic acids is 1. The molecule has 5 nitrogen and oxygen atoms in total. The van der Waals surface area contributed by atoms with Crippen LogP contribution in [0.15, 0.2) is 47.4 Å². The average Bonchev–Trinajstić information content (AvgIpc) is 3.16. The molecule has 1 saturated heterocycles. The average molecular weight is 408 g/mol. The number of allylic oxidation sites excluding steroid dienone is 2. The van der Waals surface area contributed by atoms with Crippen molar-refractivity contribution in [1.29, 1.82) is 0 Å². The second-order valence-corrected chi connectivity index (χ2v) is 7.78. The highest BCUT2D eigenvalue weighted by atomic mass is 19.1. The number of aryl methyl sites for hydroxylation is 1. The van der Waals surface area contributed by atoms with E-state index in [0.717, 1.165) is 27.8 Å². The molecule has 30 heavy (non-hydrogen) atoms. The molecule has 1 aromatic carbocycles. The molecular formula is C24H25FN2O3. The first-order chi connectivity index (χ1) is 14.5. The third-order valence-corrected chi connectivity index (χ3v) is 5.65. The largest absolute Gasteiger partial charge is 0.378 e. The molecule has 0 saturated carbocycles. The smallest absolute Gasteiger partial charge is 0.257 e. The molecule has 1 amide bonds. The van der Waals surface area contributed by atoms with Crippen LogP contribution in [0.1, 0.15) is 34.8 Å². The molecule has 2 heterocycles. The first-order valence-corrected chi connectivity index (χ1v) is 10.2. The summed E-state index contributed by atoms with van der Waals surface area (Å²) in [7, 11) is 0. The van der Waals surface area contributed by atoms with Gasteiger partial charge in [-0.2, -0.15) is 0 Å². The summed E-state index contributed by atoms with van der Waals surface area (Å²) < 4.78 is 21.6. The van der Waals surface area contributed by atoms with E-state index in [1.54, 1.807) is 27.7 Å². The molecule has 0 spiro atoms.